The summed E-state index contributed by atoms with van der Waals surface area (Å²) in [6.07, 6.45) is -0.911. The van der Waals surface area contributed by atoms with E-state index in [2.05, 4.69) is 4.74 Å². The van der Waals surface area contributed by atoms with Gasteiger partial charge in [-0.05, 0) is 23.1 Å². The second kappa shape index (κ2) is 4.69. The van der Waals surface area contributed by atoms with Gasteiger partial charge in [0.25, 0.3) is 0 Å². The number of hydrogen-bond donors (Lipinski definition) is 1. The van der Waals surface area contributed by atoms with Crippen LogP contribution in [0.1, 0.15) is 26.3 Å². The molecule has 0 atom stereocenters. The van der Waals surface area contributed by atoms with Gasteiger partial charge in [-0.1, -0.05) is 20.8 Å². The molecule has 1 aromatic carbocycles. The van der Waals surface area contributed by atoms with Crippen LogP contribution < -0.4 is 5.32 Å². The van der Waals surface area contributed by atoms with E-state index in [1.54, 1.807) is 0 Å². The maximum absolute atomic E-state index is 13.6. The van der Waals surface area contributed by atoms with Crippen LogP contribution in [0.15, 0.2) is 12.1 Å². The first-order valence-corrected chi connectivity index (χ1v) is 5.10. The van der Waals surface area contributed by atoms with E-state index in [-0.39, 0.29) is 5.41 Å². The number of amides is 1. The molecule has 0 fully saturated rings. The molecule has 0 saturated heterocycles. The number of benzene rings is 1. The number of halogens is 2. The minimum atomic E-state index is -0.911. The van der Waals surface area contributed by atoms with E-state index < -0.39 is 23.4 Å². The van der Waals surface area contributed by atoms with Crippen LogP contribution in [0.25, 0.3) is 0 Å². The molecule has 0 saturated carbocycles. The Labute approximate surface area is 98.8 Å². The Bertz CT molecular complexity index is 416. The maximum atomic E-state index is 13.6. The molecular weight excluding hydrogens is 228 g/mol. The van der Waals surface area contributed by atoms with Gasteiger partial charge in [-0.15, -0.1) is 0 Å². The predicted molar refractivity (Wildman–Crippen MR) is 61.1 cm³/mol. The summed E-state index contributed by atoms with van der Waals surface area (Å²) in [5.41, 5.74) is -0.348. The Balaban J connectivity index is 3.15. The van der Waals surface area contributed by atoms with E-state index in [9.17, 15) is 13.6 Å². The Morgan fingerprint density at radius 1 is 1.24 bits per heavy atom. The fraction of sp³-hybridized carbons (Fsp3) is 0.417. The summed E-state index contributed by atoms with van der Waals surface area (Å²) in [5.74, 6) is -1.64. The molecule has 94 valence electrons. The quantitative estimate of drug-likeness (QED) is 0.820. The second-order valence-electron chi connectivity index (χ2n) is 4.68. The Morgan fingerprint density at radius 3 is 2.06 bits per heavy atom. The number of hydrogen-bond acceptors (Lipinski definition) is 2. The third-order valence-corrected chi connectivity index (χ3v) is 2.32. The largest absolute Gasteiger partial charge is 0.453 e. The molecule has 0 aliphatic rings. The molecule has 0 spiro atoms. The number of rotatable bonds is 1. The van der Waals surface area contributed by atoms with Crippen molar-refractivity contribution in [1.82, 2.24) is 0 Å². The zero-order chi connectivity index (χ0) is 13.2. The lowest BCUT2D eigenvalue weighted by molar-refractivity contribution is 0.186. The highest BCUT2D eigenvalue weighted by Gasteiger charge is 2.20. The van der Waals surface area contributed by atoms with Crippen molar-refractivity contribution in [2.24, 2.45) is 0 Å². The van der Waals surface area contributed by atoms with Crippen molar-refractivity contribution in [3.8, 4) is 0 Å². The van der Waals surface area contributed by atoms with Crippen LogP contribution >= 0.6 is 0 Å². The standard InChI is InChI=1S/C12H15F2NO2/c1-12(2,3)7-5-8(13)10(9(14)6-7)15-11(16)17-4/h5-6H,1-4H3,(H,15,16). The molecule has 5 heteroatoms. The van der Waals surface area contributed by atoms with Crippen LogP contribution in [0.3, 0.4) is 0 Å². The molecular formula is C12H15F2NO2. The number of carbonyl (C=O) groups excluding carboxylic acids is 1. The summed E-state index contributed by atoms with van der Waals surface area (Å²) < 4.78 is 31.5. The second-order valence-corrected chi connectivity index (χ2v) is 4.68. The highest BCUT2D eigenvalue weighted by molar-refractivity contribution is 5.84. The summed E-state index contributed by atoms with van der Waals surface area (Å²) in [4.78, 5) is 10.9. The van der Waals surface area contributed by atoms with E-state index in [0.29, 0.717) is 5.56 Å². The average molecular weight is 243 g/mol. The van der Waals surface area contributed by atoms with Gasteiger partial charge < -0.3 is 4.74 Å². The highest BCUT2D eigenvalue weighted by atomic mass is 19.1. The maximum Gasteiger partial charge on any atom is 0.411 e. The Morgan fingerprint density at radius 2 is 1.71 bits per heavy atom. The lowest BCUT2D eigenvalue weighted by atomic mass is 9.87. The molecule has 1 rings (SSSR count). The molecule has 0 aromatic heterocycles. The lowest BCUT2D eigenvalue weighted by Crippen LogP contribution is -2.16. The van der Waals surface area contributed by atoms with Crippen molar-refractivity contribution in [2.75, 3.05) is 12.4 Å². The van der Waals surface area contributed by atoms with Crippen LogP contribution in [0.5, 0.6) is 0 Å². The fourth-order valence-corrected chi connectivity index (χ4v) is 1.28. The zero-order valence-corrected chi connectivity index (χ0v) is 10.2. The first-order valence-electron chi connectivity index (χ1n) is 5.10. The molecule has 3 nitrogen and oxygen atoms in total. The molecule has 17 heavy (non-hydrogen) atoms. The SMILES string of the molecule is COC(=O)Nc1c(F)cc(C(C)(C)C)cc1F. The van der Waals surface area contributed by atoms with E-state index in [1.165, 1.54) is 12.1 Å². The predicted octanol–water partition coefficient (Wildman–Crippen LogP) is 3.44. The summed E-state index contributed by atoms with van der Waals surface area (Å²) in [7, 11) is 1.12. The van der Waals surface area contributed by atoms with Gasteiger partial charge in [-0.25, -0.2) is 13.6 Å². The Hall–Kier alpha value is -1.65. The molecule has 1 N–H and O–H groups in total. The van der Waals surface area contributed by atoms with Crippen molar-refractivity contribution < 1.29 is 18.3 Å². The highest BCUT2D eigenvalue weighted by Crippen LogP contribution is 2.28. The number of ether oxygens (including phenoxy) is 1. The van der Waals surface area contributed by atoms with Crippen molar-refractivity contribution in [3.63, 3.8) is 0 Å². The third kappa shape index (κ3) is 3.15. The van der Waals surface area contributed by atoms with Crippen LogP contribution in [0.4, 0.5) is 19.3 Å². The minimum Gasteiger partial charge on any atom is -0.453 e. The molecule has 0 unspecified atom stereocenters. The van der Waals surface area contributed by atoms with Gasteiger partial charge in [0, 0.05) is 0 Å². The summed E-state index contributed by atoms with van der Waals surface area (Å²) in [5, 5.41) is 2.00. The fourth-order valence-electron chi connectivity index (χ4n) is 1.28. The molecule has 1 amide bonds. The van der Waals surface area contributed by atoms with Crippen molar-refractivity contribution in [3.05, 3.63) is 29.3 Å². The van der Waals surface area contributed by atoms with Crippen molar-refractivity contribution >= 4 is 11.8 Å². The molecule has 0 aliphatic heterocycles. The van der Waals surface area contributed by atoms with Crippen molar-refractivity contribution in [2.45, 2.75) is 26.2 Å². The van der Waals surface area contributed by atoms with E-state index in [4.69, 9.17) is 0 Å². The van der Waals surface area contributed by atoms with Gasteiger partial charge in [0.2, 0.25) is 0 Å². The monoisotopic (exact) mass is 243 g/mol. The smallest absolute Gasteiger partial charge is 0.411 e. The summed E-state index contributed by atoms with van der Waals surface area (Å²) in [6.45, 7) is 5.53. The topological polar surface area (TPSA) is 38.3 Å². The number of methoxy groups -OCH3 is 1. The van der Waals surface area contributed by atoms with Gasteiger partial charge in [0.1, 0.15) is 17.3 Å². The van der Waals surface area contributed by atoms with Crippen molar-refractivity contribution in [1.29, 1.82) is 0 Å². The molecule has 0 bridgehead atoms. The Kier molecular flexibility index (Phi) is 3.70. The lowest BCUT2D eigenvalue weighted by Gasteiger charge is -2.20. The first-order chi connectivity index (χ1) is 7.75. The molecule has 0 radical (unpaired) electrons. The molecule has 0 heterocycles. The van der Waals surface area contributed by atoms with Gasteiger partial charge in [0.15, 0.2) is 0 Å². The first kappa shape index (κ1) is 13.4. The van der Waals surface area contributed by atoms with E-state index in [0.717, 1.165) is 7.11 Å². The van der Waals surface area contributed by atoms with Crippen LogP contribution in [0, 0.1) is 11.6 Å². The summed E-state index contributed by atoms with van der Waals surface area (Å²) >= 11 is 0. The van der Waals surface area contributed by atoms with Gasteiger partial charge >= 0.3 is 6.09 Å². The number of carbonyl (C=O) groups is 1. The van der Waals surface area contributed by atoms with Gasteiger partial charge in [-0.3, -0.25) is 5.32 Å². The number of anilines is 1. The van der Waals surface area contributed by atoms with Crippen LogP contribution in [0.2, 0.25) is 0 Å². The summed E-state index contributed by atoms with van der Waals surface area (Å²) in [6, 6.07) is 2.41. The third-order valence-electron chi connectivity index (χ3n) is 2.32. The zero-order valence-electron chi connectivity index (χ0n) is 10.2. The van der Waals surface area contributed by atoms with Gasteiger partial charge in [0.05, 0.1) is 7.11 Å². The molecule has 1 aromatic rings. The van der Waals surface area contributed by atoms with Crippen LogP contribution in [-0.2, 0) is 10.2 Å². The molecule has 0 aliphatic carbocycles. The average Bonchev–Trinajstić information content (AvgIpc) is 2.21. The van der Waals surface area contributed by atoms with E-state index >= 15 is 0 Å². The number of nitrogens with one attached hydrogen (secondary N) is 1. The minimum absolute atomic E-state index is 0.370. The normalized spacial score (nSPS) is 11.2. The van der Waals surface area contributed by atoms with Gasteiger partial charge in [-0.2, -0.15) is 0 Å². The van der Waals surface area contributed by atoms with Crippen LogP contribution in [-0.4, -0.2) is 13.2 Å². The van der Waals surface area contributed by atoms with E-state index in [1.807, 2.05) is 26.1 Å².